The van der Waals surface area contributed by atoms with Gasteiger partial charge in [0.05, 0.1) is 6.61 Å². The highest BCUT2D eigenvalue weighted by Gasteiger charge is 2.43. The molecule has 1 heterocycles. The van der Waals surface area contributed by atoms with E-state index in [0.717, 1.165) is 23.5 Å². The van der Waals surface area contributed by atoms with E-state index < -0.39 is 20.4 Å². The smallest absolute Gasteiger partial charge is 0.344 e. The van der Waals surface area contributed by atoms with E-state index in [-0.39, 0.29) is 6.54 Å². The Balaban J connectivity index is 2.34. The molecule has 0 fully saturated rings. The maximum Gasteiger partial charge on any atom is 0.344 e. The molecule has 9 heteroatoms. The fraction of sp³-hybridized carbons (Fsp3) is 0.312. The van der Waals surface area contributed by atoms with Gasteiger partial charge < -0.3 is 19.4 Å². The maximum absolute atomic E-state index is 11.9. The molecule has 1 aromatic heterocycles. The van der Waals surface area contributed by atoms with Crippen molar-refractivity contribution in [3.8, 4) is 16.9 Å². The van der Waals surface area contributed by atoms with Gasteiger partial charge in [-0.15, -0.1) is 0 Å². The standard InChI is InChI=1S/C16H21NO6P2/c1-3-23-15-8-4-6-13(10-15)14-7-5-9-17(11-14)12-16(24(2,18)19)25(20,21)22/h4-11,16H,3,12H2,1-2H3,(H2-,18,19,20,21,22)/p+1. The molecular weight excluding hydrogens is 364 g/mol. The number of ether oxygens (including phenoxy) is 1. The molecule has 0 aliphatic carbocycles. The van der Waals surface area contributed by atoms with Gasteiger partial charge in [-0.2, -0.15) is 0 Å². The number of benzene rings is 1. The number of nitrogens with zero attached hydrogens (tertiary/aromatic N) is 1. The Morgan fingerprint density at radius 2 is 1.80 bits per heavy atom. The van der Waals surface area contributed by atoms with Crippen LogP contribution in [0.25, 0.3) is 11.1 Å². The molecule has 0 aliphatic heterocycles. The van der Waals surface area contributed by atoms with Crippen molar-refractivity contribution >= 4 is 15.0 Å². The first kappa shape index (κ1) is 19.8. The average molecular weight is 386 g/mol. The van der Waals surface area contributed by atoms with Gasteiger partial charge in [-0.05, 0) is 30.7 Å². The highest BCUT2D eigenvalue weighted by molar-refractivity contribution is 7.73. The fourth-order valence-corrected chi connectivity index (χ4v) is 5.59. The van der Waals surface area contributed by atoms with Gasteiger partial charge in [-0.25, -0.2) is 4.57 Å². The second-order valence-corrected chi connectivity index (χ2v) is 10.5. The molecule has 2 unspecified atom stereocenters. The zero-order chi connectivity index (χ0) is 18.7. The second kappa shape index (κ2) is 7.81. The molecule has 25 heavy (non-hydrogen) atoms. The summed E-state index contributed by atoms with van der Waals surface area (Å²) in [6, 6.07) is 11.0. The number of pyridine rings is 1. The van der Waals surface area contributed by atoms with E-state index in [4.69, 9.17) is 4.74 Å². The summed E-state index contributed by atoms with van der Waals surface area (Å²) in [5.74, 6) is 0.719. The molecule has 0 saturated carbocycles. The zero-order valence-electron chi connectivity index (χ0n) is 14.0. The van der Waals surface area contributed by atoms with Gasteiger partial charge in [0.25, 0.3) is 0 Å². The molecule has 0 saturated heterocycles. The Kier molecular flexibility index (Phi) is 6.20. The number of hydrogen-bond donors (Lipinski definition) is 3. The molecule has 2 atom stereocenters. The van der Waals surface area contributed by atoms with Gasteiger partial charge in [0.1, 0.15) is 5.75 Å². The van der Waals surface area contributed by atoms with Crippen LogP contribution in [0.2, 0.25) is 0 Å². The lowest BCUT2D eigenvalue weighted by Gasteiger charge is -2.18. The monoisotopic (exact) mass is 386 g/mol. The second-order valence-electron chi connectivity index (χ2n) is 5.76. The number of rotatable bonds is 7. The highest BCUT2D eigenvalue weighted by Crippen LogP contribution is 2.60. The van der Waals surface area contributed by atoms with Gasteiger partial charge >= 0.3 is 7.60 Å². The molecule has 0 radical (unpaired) electrons. The normalized spacial score (nSPS) is 15.4. The summed E-state index contributed by atoms with van der Waals surface area (Å²) in [5, 5.41) is -1.64. The average Bonchev–Trinajstić information content (AvgIpc) is 2.51. The summed E-state index contributed by atoms with van der Waals surface area (Å²) in [4.78, 5) is 28.5. The Hall–Kier alpha value is -1.49. The van der Waals surface area contributed by atoms with Crippen molar-refractivity contribution in [1.82, 2.24) is 0 Å². The molecule has 0 bridgehead atoms. The lowest BCUT2D eigenvalue weighted by Crippen LogP contribution is -2.39. The van der Waals surface area contributed by atoms with Crippen LogP contribution in [0.1, 0.15) is 6.92 Å². The molecule has 1 aromatic carbocycles. The first-order valence-corrected chi connectivity index (χ1v) is 11.5. The van der Waals surface area contributed by atoms with Crippen LogP contribution in [0.5, 0.6) is 5.75 Å². The first-order valence-electron chi connectivity index (χ1n) is 7.68. The van der Waals surface area contributed by atoms with Gasteiger partial charge in [-0.1, -0.05) is 12.1 Å². The molecule has 3 N–H and O–H groups in total. The topological polar surface area (TPSA) is 108 Å². The van der Waals surface area contributed by atoms with E-state index in [1.165, 1.54) is 4.57 Å². The van der Waals surface area contributed by atoms with Crippen LogP contribution in [-0.2, 0) is 15.7 Å². The fourth-order valence-electron chi connectivity index (χ4n) is 2.46. The summed E-state index contributed by atoms with van der Waals surface area (Å²) in [5.41, 5.74) is 1.68. The molecule has 136 valence electrons. The predicted octanol–water partition coefficient (Wildman–Crippen LogP) is 2.44. The summed E-state index contributed by atoms with van der Waals surface area (Å²) in [6.07, 6.45) is 3.29. The van der Waals surface area contributed by atoms with Crippen LogP contribution in [0.15, 0.2) is 48.8 Å². The summed E-state index contributed by atoms with van der Waals surface area (Å²) in [6.45, 7) is 3.15. The SMILES string of the molecule is CCOc1cccc(-c2ccc[n+](CC(P(C)(=O)O)P(=O)(O)O)c2)c1. The third-order valence-electron chi connectivity index (χ3n) is 3.65. The Morgan fingerprint density at radius 3 is 2.40 bits per heavy atom. The van der Waals surface area contributed by atoms with Crippen LogP contribution < -0.4 is 9.30 Å². The Morgan fingerprint density at radius 1 is 1.12 bits per heavy atom. The van der Waals surface area contributed by atoms with E-state index in [0.29, 0.717) is 6.61 Å². The van der Waals surface area contributed by atoms with E-state index in [9.17, 15) is 23.8 Å². The molecule has 7 nitrogen and oxygen atoms in total. The minimum Gasteiger partial charge on any atom is -0.494 e. The number of aromatic nitrogens is 1. The third-order valence-corrected chi connectivity index (χ3v) is 8.05. The number of hydrogen-bond acceptors (Lipinski definition) is 3. The van der Waals surface area contributed by atoms with E-state index in [2.05, 4.69) is 0 Å². The van der Waals surface area contributed by atoms with Crippen molar-refractivity contribution < 1.29 is 33.1 Å². The molecular formula is C16H22NO6P2+. The first-order chi connectivity index (χ1) is 11.6. The molecule has 2 rings (SSSR count). The summed E-state index contributed by atoms with van der Waals surface area (Å²) in [7, 11) is -8.69. The maximum atomic E-state index is 11.9. The predicted molar refractivity (Wildman–Crippen MR) is 94.8 cm³/mol. The summed E-state index contributed by atoms with van der Waals surface area (Å²) >= 11 is 0. The highest BCUT2D eigenvalue weighted by atomic mass is 31.2. The zero-order valence-corrected chi connectivity index (χ0v) is 15.8. The van der Waals surface area contributed by atoms with Crippen molar-refractivity contribution in [2.75, 3.05) is 13.3 Å². The van der Waals surface area contributed by atoms with Gasteiger partial charge in [0.2, 0.25) is 7.37 Å². The molecule has 2 aromatic rings. The quantitative estimate of drug-likeness (QED) is 0.498. The van der Waals surface area contributed by atoms with Crippen LogP contribution >= 0.6 is 15.0 Å². The Labute approximate surface area is 146 Å². The van der Waals surface area contributed by atoms with Crippen LogP contribution in [0.4, 0.5) is 0 Å². The van der Waals surface area contributed by atoms with Gasteiger partial charge in [-0.3, -0.25) is 9.13 Å². The Bertz CT molecular complexity index is 807. The lowest BCUT2D eigenvalue weighted by atomic mass is 10.1. The van der Waals surface area contributed by atoms with Crippen LogP contribution in [0.3, 0.4) is 0 Å². The van der Waals surface area contributed by atoms with Crippen LogP contribution in [0, 0.1) is 0 Å². The van der Waals surface area contributed by atoms with Crippen molar-refractivity contribution in [2.24, 2.45) is 0 Å². The molecule has 0 aliphatic rings. The summed E-state index contributed by atoms with van der Waals surface area (Å²) < 4.78 is 30.4. The lowest BCUT2D eigenvalue weighted by molar-refractivity contribution is -0.694. The largest absolute Gasteiger partial charge is 0.494 e. The third kappa shape index (κ3) is 5.50. The van der Waals surface area contributed by atoms with Crippen molar-refractivity contribution in [3.05, 3.63) is 48.8 Å². The molecule has 0 spiro atoms. The van der Waals surface area contributed by atoms with Crippen molar-refractivity contribution in [1.29, 1.82) is 0 Å². The minimum absolute atomic E-state index is 0.256. The van der Waals surface area contributed by atoms with E-state index >= 15 is 0 Å². The molecule has 0 amide bonds. The van der Waals surface area contributed by atoms with Crippen molar-refractivity contribution in [2.45, 2.75) is 18.9 Å². The van der Waals surface area contributed by atoms with Gasteiger partial charge in [0.15, 0.2) is 24.3 Å². The van der Waals surface area contributed by atoms with E-state index in [1.54, 1.807) is 18.5 Å². The van der Waals surface area contributed by atoms with Gasteiger partial charge in [0, 0.05) is 18.3 Å². The minimum atomic E-state index is -4.72. The van der Waals surface area contributed by atoms with Crippen LogP contribution in [-0.4, -0.2) is 33.4 Å². The van der Waals surface area contributed by atoms with Crippen molar-refractivity contribution in [3.63, 3.8) is 0 Å². The van der Waals surface area contributed by atoms with E-state index in [1.807, 2.05) is 37.3 Å².